The Morgan fingerprint density at radius 1 is 1.09 bits per heavy atom. The Labute approximate surface area is 201 Å². The van der Waals surface area contributed by atoms with Crippen LogP contribution in [-0.2, 0) is 19.7 Å². The Morgan fingerprint density at radius 2 is 1.94 bits per heavy atom. The fraction of sp³-hybridized carbons (Fsp3) is 0.160. The fourth-order valence-corrected chi connectivity index (χ4v) is 3.41. The zero-order valence-corrected chi connectivity index (χ0v) is 19.2. The molecule has 0 saturated carbocycles. The standard InChI is InChI=1S/C25H23ClN4O4/c1-2-30-15-22(23(29-30)25(32)27-14-21-10-5-11-33-21)28-24(31)18-7-3-6-17(12-18)16-34-20-9-4-8-19(26)13-20/h3-13,15H,2,14,16H2,1H3,(H,27,32)(H,28,31). The van der Waals surface area contributed by atoms with Gasteiger partial charge < -0.3 is 19.8 Å². The summed E-state index contributed by atoms with van der Waals surface area (Å²) >= 11 is 5.99. The van der Waals surface area contributed by atoms with Gasteiger partial charge in [-0.2, -0.15) is 5.10 Å². The molecule has 34 heavy (non-hydrogen) atoms. The molecule has 0 atom stereocenters. The van der Waals surface area contributed by atoms with Crippen LogP contribution >= 0.6 is 11.6 Å². The summed E-state index contributed by atoms with van der Waals surface area (Å²) in [6, 6.07) is 17.7. The molecule has 0 saturated heterocycles. The Bertz CT molecular complexity index is 1280. The molecule has 0 unspecified atom stereocenters. The number of nitrogens with zero attached hydrogens (tertiary/aromatic N) is 2. The number of carbonyl (C=O) groups is 2. The second-order valence-electron chi connectivity index (χ2n) is 7.41. The molecule has 0 fully saturated rings. The summed E-state index contributed by atoms with van der Waals surface area (Å²) in [7, 11) is 0. The van der Waals surface area contributed by atoms with Gasteiger partial charge in [0.25, 0.3) is 11.8 Å². The van der Waals surface area contributed by atoms with Crippen LogP contribution in [0.1, 0.15) is 39.1 Å². The predicted molar refractivity (Wildman–Crippen MR) is 128 cm³/mol. The third-order valence-electron chi connectivity index (χ3n) is 4.94. The van der Waals surface area contributed by atoms with E-state index in [-0.39, 0.29) is 24.8 Å². The summed E-state index contributed by atoms with van der Waals surface area (Å²) in [5, 5.41) is 10.4. The Balaban J connectivity index is 1.44. The molecule has 2 amide bonds. The van der Waals surface area contributed by atoms with Gasteiger partial charge in [0.1, 0.15) is 18.1 Å². The number of ether oxygens (including phenoxy) is 1. The number of amides is 2. The van der Waals surface area contributed by atoms with Crippen LogP contribution in [0, 0.1) is 0 Å². The first kappa shape index (κ1) is 23.1. The highest BCUT2D eigenvalue weighted by molar-refractivity contribution is 6.30. The van der Waals surface area contributed by atoms with Gasteiger partial charge in [-0.3, -0.25) is 14.3 Å². The third kappa shape index (κ3) is 5.85. The van der Waals surface area contributed by atoms with Crippen molar-refractivity contribution in [1.82, 2.24) is 15.1 Å². The number of hydrogen-bond donors (Lipinski definition) is 2. The zero-order valence-electron chi connectivity index (χ0n) is 18.5. The number of anilines is 1. The number of benzene rings is 2. The van der Waals surface area contributed by atoms with Crippen LogP contribution in [0.5, 0.6) is 5.75 Å². The lowest BCUT2D eigenvalue weighted by atomic mass is 10.1. The molecule has 2 aromatic carbocycles. The van der Waals surface area contributed by atoms with E-state index in [9.17, 15) is 9.59 Å². The van der Waals surface area contributed by atoms with E-state index in [1.165, 1.54) is 6.26 Å². The largest absolute Gasteiger partial charge is 0.489 e. The minimum atomic E-state index is -0.414. The van der Waals surface area contributed by atoms with Crippen molar-refractivity contribution >= 4 is 29.1 Å². The van der Waals surface area contributed by atoms with Gasteiger partial charge in [0.15, 0.2) is 5.69 Å². The van der Waals surface area contributed by atoms with E-state index >= 15 is 0 Å². The van der Waals surface area contributed by atoms with Gasteiger partial charge in [-0.15, -0.1) is 0 Å². The molecule has 2 heterocycles. The van der Waals surface area contributed by atoms with Gasteiger partial charge in [-0.05, 0) is 55.0 Å². The second kappa shape index (κ2) is 10.7. The first-order chi connectivity index (χ1) is 16.5. The molecular formula is C25H23ClN4O4. The highest BCUT2D eigenvalue weighted by Crippen LogP contribution is 2.20. The lowest BCUT2D eigenvalue weighted by Gasteiger charge is -2.09. The molecule has 8 nitrogen and oxygen atoms in total. The maximum Gasteiger partial charge on any atom is 0.274 e. The van der Waals surface area contributed by atoms with Crippen molar-refractivity contribution in [2.75, 3.05) is 5.32 Å². The summed E-state index contributed by atoms with van der Waals surface area (Å²) in [4.78, 5) is 25.6. The maximum atomic E-state index is 12.9. The summed E-state index contributed by atoms with van der Waals surface area (Å²) in [6.45, 7) is 2.93. The van der Waals surface area contributed by atoms with Crippen molar-refractivity contribution in [1.29, 1.82) is 0 Å². The minimum absolute atomic E-state index is 0.127. The SMILES string of the molecule is CCn1cc(NC(=O)c2cccc(COc3cccc(Cl)c3)c2)c(C(=O)NCc2ccco2)n1. The molecule has 2 N–H and O–H groups in total. The van der Waals surface area contributed by atoms with Gasteiger partial charge in [0.05, 0.1) is 18.5 Å². The van der Waals surface area contributed by atoms with Crippen molar-refractivity contribution in [3.8, 4) is 5.75 Å². The fourth-order valence-electron chi connectivity index (χ4n) is 3.23. The predicted octanol–water partition coefficient (Wildman–Crippen LogP) is 4.91. The quantitative estimate of drug-likeness (QED) is 0.356. The van der Waals surface area contributed by atoms with Gasteiger partial charge in [-0.25, -0.2) is 0 Å². The van der Waals surface area contributed by atoms with E-state index in [1.54, 1.807) is 59.4 Å². The molecule has 9 heteroatoms. The molecule has 0 radical (unpaired) electrons. The average Bonchev–Trinajstić information content (AvgIpc) is 3.51. The molecule has 0 bridgehead atoms. The molecule has 0 aliphatic carbocycles. The van der Waals surface area contributed by atoms with Crippen molar-refractivity contribution in [3.05, 3.63) is 101 Å². The number of rotatable bonds is 9. The number of furan rings is 1. The number of halogens is 1. The van der Waals surface area contributed by atoms with Crippen LogP contribution in [0.3, 0.4) is 0 Å². The summed E-state index contributed by atoms with van der Waals surface area (Å²) in [6.07, 6.45) is 3.17. The smallest absolute Gasteiger partial charge is 0.274 e. The van der Waals surface area contributed by atoms with Crippen LogP contribution in [0.2, 0.25) is 5.02 Å². The van der Waals surface area contributed by atoms with Crippen molar-refractivity contribution < 1.29 is 18.7 Å². The molecule has 2 aromatic heterocycles. The first-order valence-corrected chi connectivity index (χ1v) is 11.1. The van der Waals surface area contributed by atoms with E-state index in [2.05, 4.69) is 15.7 Å². The average molecular weight is 479 g/mol. The molecule has 4 rings (SSSR count). The Morgan fingerprint density at radius 3 is 2.71 bits per heavy atom. The van der Waals surface area contributed by atoms with Crippen molar-refractivity contribution in [2.45, 2.75) is 26.6 Å². The number of aryl methyl sites for hydroxylation is 1. The zero-order chi connectivity index (χ0) is 23.9. The highest BCUT2D eigenvalue weighted by Gasteiger charge is 2.19. The second-order valence-corrected chi connectivity index (χ2v) is 7.85. The minimum Gasteiger partial charge on any atom is -0.489 e. The summed E-state index contributed by atoms with van der Waals surface area (Å²) in [5.74, 6) is 0.480. The Hall–Kier alpha value is -4.04. The van der Waals surface area contributed by atoms with Crippen LogP contribution < -0.4 is 15.4 Å². The van der Waals surface area contributed by atoms with Crippen LogP contribution in [0.4, 0.5) is 5.69 Å². The molecule has 0 aliphatic heterocycles. The highest BCUT2D eigenvalue weighted by atomic mass is 35.5. The topological polar surface area (TPSA) is 98.4 Å². The van der Waals surface area contributed by atoms with E-state index < -0.39 is 5.91 Å². The molecule has 4 aromatic rings. The number of nitrogens with one attached hydrogen (secondary N) is 2. The van der Waals surface area contributed by atoms with E-state index in [0.717, 1.165) is 5.56 Å². The Kier molecular flexibility index (Phi) is 7.29. The van der Waals surface area contributed by atoms with Crippen LogP contribution in [-0.4, -0.2) is 21.6 Å². The van der Waals surface area contributed by atoms with Gasteiger partial charge in [-0.1, -0.05) is 29.8 Å². The lowest BCUT2D eigenvalue weighted by molar-refractivity contribution is 0.0943. The summed E-state index contributed by atoms with van der Waals surface area (Å²) in [5.41, 5.74) is 1.69. The number of carbonyl (C=O) groups excluding carboxylic acids is 2. The first-order valence-electron chi connectivity index (χ1n) is 10.7. The van der Waals surface area contributed by atoms with Gasteiger partial charge >= 0.3 is 0 Å². The molecule has 0 aliphatic rings. The third-order valence-corrected chi connectivity index (χ3v) is 5.18. The molecular weight excluding hydrogens is 456 g/mol. The van der Waals surface area contributed by atoms with Gasteiger partial charge in [0, 0.05) is 23.3 Å². The normalized spacial score (nSPS) is 10.6. The van der Waals surface area contributed by atoms with Crippen molar-refractivity contribution in [3.63, 3.8) is 0 Å². The number of aromatic nitrogens is 2. The lowest BCUT2D eigenvalue weighted by Crippen LogP contribution is -2.25. The monoisotopic (exact) mass is 478 g/mol. The maximum absolute atomic E-state index is 12.9. The molecule has 0 spiro atoms. The molecule has 174 valence electrons. The van der Waals surface area contributed by atoms with Crippen molar-refractivity contribution in [2.24, 2.45) is 0 Å². The van der Waals surface area contributed by atoms with Crippen LogP contribution in [0.15, 0.2) is 77.5 Å². The van der Waals surface area contributed by atoms with Gasteiger partial charge in [0.2, 0.25) is 0 Å². The number of hydrogen-bond acceptors (Lipinski definition) is 5. The van der Waals surface area contributed by atoms with E-state index in [0.29, 0.717) is 34.3 Å². The van der Waals surface area contributed by atoms with E-state index in [1.807, 2.05) is 19.1 Å². The van der Waals surface area contributed by atoms with E-state index in [4.69, 9.17) is 20.8 Å². The summed E-state index contributed by atoms with van der Waals surface area (Å²) < 4.78 is 12.6. The van der Waals surface area contributed by atoms with Crippen LogP contribution in [0.25, 0.3) is 0 Å².